The maximum atomic E-state index is 8.91. The van der Waals surface area contributed by atoms with Crippen LogP contribution in [0, 0.1) is 5.92 Å². The molecule has 96 valence electrons. The molecule has 0 unspecified atom stereocenters. The summed E-state index contributed by atoms with van der Waals surface area (Å²) in [6.45, 7) is 9.64. The summed E-state index contributed by atoms with van der Waals surface area (Å²) in [5, 5.41) is 8.91. The lowest BCUT2D eigenvalue weighted by molar-refractivity contribution is 0.0479. The zero-order chi connectivity index (χ0) is 12.7. The van der Waals surface area contributed by atoms with Crippen molar-refractivity contribution in [2.24, 2.45) is 5.92 Å². The van der Waals surface area contributed by atoms with Crippen LogP contribution in [-0.2, 0) is 13.0 Å². The van der Waals surface area contributed by atoms with Crippen molar-refractivity contribution in [3.8, 4) is 0 Å². The van der Waals surface area contributed by atoms with Crippen LogP contribution in [0.4, 0.5) is 0 Å². The number of benzene rings is 1. The highest BCUT2D eigenvalue weighted by Gasteiger charge is 2.25. The van der Waals surface area contributed by atoms with Crippen molar-refractivity contribution >= 4 is 0 Å². The Morgan fingerprint density at radius 2 is 1.65 bits per heavy atom. The van der Waals surface area contributed by atoms with Crippen LogP contribution < -0.4 is 0 Å². The van der Waals surface area contributed by atoms with E-state index in [0.29, 0.717) is 12.5 Å². The summed E-state index contributed by atoms with van der Waals surface area (Å²) in [5.41, 5.74) is 2.78. The molecule has 1 aliphatic heterocycles. The fourth-order valence-electron chi connectivity index (χ4n) is 2.06. The summed E-state index contributed by atoms with van der Waals surface area (Å²) >= 11 is 0. The predicted octanol–water partition coefficient (Wildman–Crippen LogP) is 2.70. The second-order valence-corrected chi connectivity index (χ2v) is 4.41. The molecule has 2 nitrogen and oxygen atoms in total. The van der Waals surface area contributed by atoms with Crippen molar-refractivity contribution < 1.29 is 5.11 Å². The Morgan fingerprint density at radius 1 is 1.12 bits per heavy atom. The molecule has 0 radical (unpaired) electrons. The maximum Gasteiger partial charge on any atom is 0.0483 e. The second kappa shape index (κ2) is 7.46. The van der Waals surface area contributed by atoms with Gasteiger partial charge in [-0.2, -0.15) is 0 Å². The Hall–Kier alpha value is -0.860. The molecule has 0 spiro atoms. The van der Waals surface area contributed by atoms with Gasteiger partial charge in [-0.3, -0.25) is 4.90 Å². The minimum atomic E-state index is 0.339. The summed E-state index contributed by atoms with van der Waals surface area (Å²) in [5.74, 6) is 0.514. The Morgan fingerprint density at radius 3 is 2.12 bits per heavy atom. The summed E-state index contributed by atoms with van der Waals surface area (Å²) < 4.78 is 0. The molecular formula is C15H25NO. The highest BCUT2D eigenvalue weighted by atomic mass is 16.3. The van der Waals surface area contributed by atoms with Gasteiger partial charge in [0.15, 0.2) is 0 Å². The SMILES string of the molecule is CC.CCc1ccc(CN2CC(CO)C2)cc1. The van der Waals surface area contributed by atoms with Gasteiger partial charge in [0, 0.05) is 32.2 Å². The number of likely N-dealkylation sites (tertiary alicyclic amines) is 1. The van der Waals surface area contributed by atoms with Gasteiger partial charge in [0.2, 0.25) is 0 Å². The van der Waals surface area contributed by atoms with E-state index in [1.807, 2.05) is 13.8 Å². The van der Waals surface area contributed by atoms with E-state index in [0.717, 1.165) is 26.1 Å². The average Bonchev–Trinajstić information content (AvgIpc) is 2.36. The van der Waals surface area contributed by atoms with Gasteiger partial charge in [0.25, 0.3) is 0 Å². The quantitative estimate of drug-likeness (QED) is 0.867. The van der Waals surface area contributed by atoms with E-state index in [9.17, 15) is 0 Å². The van der Waals surface area contributed by atoms with Crippen LogP contribution in [0.5, 0.6) is 0 Å². The van der Waals surface area contributed by atoms with Crippen molar-refractivity contribution in [1.29, 1.82) is 0 Å². The lowest BCUT2D eigenvalue weighted by atomic mass is 10.00. The van der Waals surface area contributed by atoms with E-state index in [4.69, 9.17) is 5.11 Å². The number of hydrogen-bond donors (Lipinski definition) is 1. The zero-order valence-electron chi connectivity index (χ0n) is 11.3. The number of rotatable bonds is 4. The van der Waals surface area contributed by atoms with E-state index >= 15 is 0 Å². The Kier molecular flexibility index (Phi) is 6.23. The molecule has 2 rings (SSSR count). The van der Waals surface area contributed by atoms with Gasteiger partial charge in [-0.1, -0.05) is 45.0 Å². The first-order valence-corrected chi connectivity index (χ1v) is 6.73. The molecule has 0 saturated carbocycles. The maximum absolute atomic E-state index is 8.91. The van der Waals surface area contributed by atoms with Crippen molar-refractivity contribution in [1.82, 2.24) is 4.90 Å². The third-order valence-electron chi connectivity index (χ3n) is 3.13. The summed E-state index contributed by atoms with van der Waals surface area (Å²) in [7, 11) is 0. The summed E-state index contributed by atoms with van der Waals surface area (Å²) in [6, 6.07) is 8.84. The molecule has 0 amide bonds. The Labute approximate surface area is 105 Å². The molecular weight excluding hydrogens is 210 g/mol. The molecule has 0 atom stereocenters. The topological polar surface area (TPSA) is 23.5 Å². The molecule has 1 aliphatic rings. The minimum Gasteiger partial charge on any atom is -0.396 e. The lowest BCUT2D eigenvalue weighted by Gasteiger charge is -2.38. The van der Waals surface area contributed by atoms with E-state index in [1.165, 1.54) is 11.1 Å². The largest absolute Gasteiger partial charge is 0.396 e. The standard InChI is InChI=1S/C13H19NO.C2H6/c1-2-11-3-5-12(6-4-11)7-14-8-13(9-14)10-15;1-2/h3-6,13,15H,2,7-10H2,1H3;1-2H3. The Balaban J connectivity index is 0.000000686. The molecule has 1 N–H and O–H groups in total. The van der Waals surface area contributed by atoms with Crippen molar-refractivity contribution in [2.75, 3.05) is 19.7 Å². The third kappa shape index (κ3) is 4.14. The molecule has 2 heteroatoms. The molecule has 1 aromatic carbocycles. The Bertz CT molecular complexity index is 301. The normalized spacial score (nSPS) is 16.0. The summed E-state index contributed by atoms with van der Waals surface area (Å²) in [4.78, 5) is 2.38. The van der Waals surface area contributed by atoms with E-state index < -0.39 is 0 Å². The van der Waals surface area contributed by atoms with E-state index in [1.54, 1.807) is 0 Å². The van der Waals surface area contributed by atoms with E-state index in [2.05, 4.69) is 36.1 Å². The van der Waals surface area contributed by atoms with Crippen LogP contribution in [0.25, 0.3) is 0 Å². The minimum absolute atomic E-state index is 0.339. The number of nitrogens with zero attached hydrogens (tertiary/aromatic N) is 1. The molecule has 17 heavy (non-hydrogen) atoms. The highest BCUT2D eigenvalue weighted by Crippen LogP contribution is 2.18. The fraction of sp³-hybridized carbons (Fsp3) is 0.600. The van der Waals surface area contributed by atoms with Gasteiger partial charge in [-0.25, -0.2) is 0 Å². The van der Waals surface area contributed by atoms with Crippen LogP contribution in [-0.4, -0.2) is 29.7 Å². The number of aliphatic hydroxyl groups is 1. The lowest BCUT2D eigenvalue weighted by Crippen LogP contribution is -2.47. The van der Waals surface area contributed by atoms with Crippen LogP contribution in [0.1, 0.15) is 31.9 Å². The molecule has 0 aliphatic carbocycles. The smallest absolute Gasteiger partial charge is 0.0483 e. The highest BCUT2D eigenvalue weighted by molar-refractivity contribution is 5.22. The van der Waals surface area contributed by atoms with Crippen molar-refractivity contribution in [3.63, 3.8) is 0 Å². The number of aliphatic hydroxyl groups excluding tert-OH is 1. The van der Waals surface area contributed by atoms with Gasteiger partial charge in [0.05, 0.1) is 0 Å². The first-order chi connectivity index (χ1) is 8.31. The second-order valence-electron chi connectivity index (χ2n) is 4.41. The van der Waals surface area contributed by atoms with Crippen molar-refractivity contribution in [2.45, 2.75) is 33.7 Å². The monoisotopic (exact) mass is 235 g/mol. The third-order valence-corrected chi connectivity index (χ3v) is 3.13. The van der Waals surface area contributed by atoms with Crippen LogP contribution in [0.2, 0.25) is 0 Å². The van der Waals surface area contributed by atoms with Crippen LogP contribution in [0.15, 0.2) is 24.3 Å². The average molecular weight is 235 g/mol. The van der Waals surface area contributed by atoms with Crippen LogP contribution in [0.3, 0.4) is 0 Å². The molecule has 1 fully saturated rings. The van der Waals surface area contributed by atoms with Gasteiger partial charge in [-0.05, 0) is 17.5 Å². The molecule has 1 saturated heterocycles. The van der Waals surface area contributed by atoms with Gasteiger partial charge in [-0.15, -0.1) is 0 Å². The predicted molar refractivity (Wildman–Crippen MR) is 73.0 cm³/mol. The number of hydrogen-bond acceptors (Lipinski definition) is 2. The molecule has 1 aromatic rings. The van der Waals surface area contributed by atoms with Crippen LogP contribution >= 0.6 is 0 Å². The fourth-order valence-corrected chi connectivity index (χ4v) is 2.06. The van der Waals surface area contributed by atoms with E-state index in [-0.39, 0.29) is 0 Å². The molecule has 0 bridgehead atoms. The number of aryl methyl sites for hydroxylation is 1. The molecule has 0 aromatic heterocycles. The van der Waals surface area contributed by atoms with Crippen molar-refractivity contribution in [3.05, 3.63) is 35.4 Å². The van der Waals surface area contributed by atoms with Gasteiger partial charge in [0.1, 0.15) is 0 Å². The van der Waals surface area contributed by atoms with Gasteiger partial charge < -0.3 is 5.11 Å². The zero-order valence-corrected chi connectivity index (χ0v) is 11.3. The molecule has 1 heterocycles. The first kappa shape index (κ1) is 14.2. The van der Waals surface area contributed by atoms with Gasteiger partial charge >= 0.3 is 0 Å². The first-order valence-electron chi connectivity index (χ1n) is 6.73. The summed E-state index contributed by atoms with van der Waals surface area (Å²) in [6.07, 6.45) is 1.11.